The van der Waals surface area contributed by atoms with E-state index in [0.29, 0.717) is 29.3 Å². The molecule has 118 valence electrons. The van der Waals surface area contributed by atoms with Crippen LogP contribution >= 0.6 is 0 Å². The van der Waals surface area contributed by atoms with Crippen molar-refractivity contribution >= 4 is 0 Å². The Morgan fingerprint density at radius 3 is 2.68 bits per heavy atom. The minimum atomic E-state index is -0.00919. The summed E-state index contributed by atoms with van der Waals surface area (Å²) in [6.45, 7) is 5.53. The van der Waals surface area contributed by atoms with E-state index in [1.165, 1.54) is 12.0 Å². The van der Waals surface area contributed by atoms with Crippen molar-refractivity contribution in [3.05, 3.63) is 35.9 Å². The fraction of sp³-hybridized carbons (Fsp3) is 0.700. The van der Waals surface area contributed by atoms with Crippen LogP contribution in [0.4, 0.5) is 0 Å². The molecule has 6 rings (SSSR count). The number of benzene rings is 1. The third kappa shape index (κ3) is 1.58. The molecule has 5 fully saturated rings. The number of ether oxygens (including phenoxy) is 1. The van der Waals surface area contributed by atoms with Gasteiger partial charge < -0.3 is 9.84 Å². The Morgan fingerprint density at radius 1 is 1.18 bits per heavy atom. The lowest BCUT2D eigenvalue weighted by molar-refractivity contribution is -0.0273. The molecule has 0 heterocycles. The van der Waals surface area contributed by atoms with Crippen molar-refractivity contribution in [3.8, 4) is 0 Å². The molecule has 5 aliphatic carbocycles. The molecule has 6 bridgehead atoms. The Balaban J connectivity index is 1.35. The molecule has 1 aromatic carbocycles. The quantitative estimate of drug-likeness (QED) is 0.925. The Bertz CT molecular complexity index is 585. The highest BCUT2D eigenvalue weighted by Crippen LogP contribution is 2.83. The minimum Gasteiger partial charge on any atom is -0.392 e. The van der Waals surface area contributed by atoms with Crippen LogP contribution in [0.5, 0.6) is 0 Å². The molecule has 5 saturated carbocycles. The molecule has 1 N–H and O–H groups in total. The van der Waals surface area contributed by atoms with Gasteiger partial charge in [-0.25, -0.2) is 0 Å². The molecule has 0 aromatic heterocycles. The second kappa shape index (κ2) is 4.36. The summed E-state index contributed by atoms with van der Waals surface area (Å²) in [5.74, 6) is 4.23. The lowest BCUT2D eigenvalue weighted by atomic mass is 9.75. The van der Waals surface area contributed by atoms with Crippen molar-refractivity contribution in [2.75, 3.05) is 0 Å². The largest absolute Gasteiger partial charge is 0.392 e. The third-order valence-electron chi connectivity index (χ3n) is 7.60. The monoisotopic (exact) mass is 298 g/mol. The SMILES string of the molecule is C[C@H]1CC2C3C4C3C(C)(C[C@@H]1OCc1ccccc1)C2[C@H]4O. The second-order valence-electron chi connectivity index (χ2n) is 8.62. The molecular formula is C20H26O2. The van der Waals surface area contributed by atoms with Gasteiger partial charge in [-0.05, 0) is 59.3 Å². The van der Waals surface area contributed by atoms with E-state index in [1.54, 1.807) is 0 Å². The van der Waals surface area contributed by atoms with Crippen molar-refractivity contribution in [1.29, 1.82) is 0 Å². The van der Waals surface area contributed by atoms with Gasteiger partial charge in [-0.15, -0.1) is 0 Å². The van der Waals surface area contributed by atoms with Gasteiger partial charge in [0.25, 0.3) is 0 Å². The molecule has 0 aliphatic heterocycles. The standard InChI is InChI=1S/C20H26O2/c1-11-8-13-15-16-18(15)20(2,17(13)19(16)21)9-14(11)22-10-12-6-4-3-5-7-12/h3-7,11,13-19,21H,8-10H2,1-2H3/t11-,13?,14-,15?,16?,17?,18?,19-,20?/m0/s1. The van der Waals surface area contributed by atoms with Crippen LogP contribution in [0.3, 0.4) is 0 Å². The normalized spacial score (nSPS) is 54.3. The zero-order valence-electron chi connectivity index (χ0n) is 13.5. The Kier molecular flexibility index (Phi) is 2.69. The van der Waals surface area contributed by atoms with Gasteiger partial charge in [-0.3, -0.25) is 0 Å². The van der Waals surface area contributed by atoms with Crippen molar-refractivity contribution in [1.82, 2.24) is 0 Å². The van der Waals surface area contributed by atoms with E-state index >= 15 is 0 Å². The topological polar surface area (TPSA) is 29.5 Å². The maximum Gasteiger partial charge on any atom is 0.0720 e. The Morgan fingerprint density at radius 2 is 1.95 bits per heavy atom. The summed E-state index contributed by atoms with van der Waals surface area (Å²) in [7, 11) is 0. The van der Waals surface area contributed by atoms with E-state index < -0.39 is 0 Å². The Hall–Kier alpha value is -0.860. The lowest BCUT2D eigenvalue weighted by Gasteiger charge is -2.33. The van der Waals surface area contributed by atoms with Gasteiger partial charge in [-0.2, -0.15) is 0 Å². The van der Waals surface area contributed by atoms with Crippen molar-refractivity contribution in [2.24, 2.45) is 40.9 Å². The van der Waals surface area contributed by atoms with Gasteiger partial charge in [0.1, 0.15) is 0 Å². The van der Waals surface area contributed by atoms with Crippen LogP contribution in [0.25, 0.3) is 0 Å². The molecule has 0 spiro atoms. The summed E-state index contributed by atoms with van der Waals surface area (Å²) in [5.41, 5.74) is 1.61. The smallest absolute Gasteiger partial charge is 0.0720 e. The van der Waals surface area contributed by atoms with Crippen LogP contribution in [0.15, 0.2) is 30.3 Å². The van der Waals surface area contributed by atoms with Gasteiger partial charge in [0.15, 0.2) is 0 Å². The van der Waals surface area contributed by atoms with Crippen LogP contribution < -0.4 is 0 Å². The first-order chi connectivity index (χ1) is 10.6. The highest BCUT2D eigenvalue weighted by Gasteiger charge is 2.82. The molecule has 6 unspecified atom stereocenters. The van der Waals surface area contributed by atoms with Crippen molar-refractivity contribution in [2.45, 2.75) is 45.5 Å². The number of aliphatic hydroxyl groups is 1. The summed E-state index contributed by atoms with van der Waals surface area (Å²) in [6, 6.07) is 10.5. The predicted molar refractivity (Wildman–Crippen MR) is 85.0 cm³/mol. The van der Waals surface area contributed by atoms with Gasteiger partial charge in [-0.1, -0.05) is 44.2 Å². The molecule has 22 heavy (non-hydrogen) atoms. The van der Waals surface area contributed by atoms with Gasteiger partial charge in [0, 0.05) is 0 Å². The number of hydrogen-bond acceptors (Lipinski definition) is 2. The first-order valence-corrected chi connectivity index (χ1v) is 8.95. The van der Waals surface area contributed by atoms with Gasteiger partial charge in [0.2, 0.25) is 0 Å². The van der Waals surface area contributed by atoms with E-state index in [-0.39, 0.29) is 6.10 Å². The van der Waals surface area contributed by atoms with E-state index in [2.05, 4.69) is 44.2 Å². The fourth-order valence-electron chi connectivity index (χ4n) is 6.86. The number of aliphatic hydroxyl groups excluding tert-OH is 1. The van der Waals surface area contributed by atoms with Crippen LogP contribution in [-0.4, -0.2) is 17.3 Å². The van der Waals surface area contributed by atoms with E-state index in [0.717, 1.165) is 30.8 Å². The molecular weight excluding hydrogens is 272 g/mol. The maximum absolute atomic E-state index is 10.6. The number of hydrogen-bond donors (Lipinski definition) is 1. The predicted octanol–water partition coefficient (Wildman–Crippen LogP) is 3.49. The summed E-state index contributed by atoms with van der Waals surface area (Å²) >= 11 is 0. The summed E-state index contributed by atoms with van der Waals surface area (Å²) in [4.78, 5) is 0. The lowest BCUT2D eigenvalue weighted by Crippen LogP contribution is -2.32. The molecule has 5 aliphatic rings. The fourth-order valence-corrected chi connectivity index (χ4v) is 6.86. The van der Waals surface area contributed by atoms with E-state index in [9.17, 15) is 5.11 Å². The molecule has 9 atom stereocenters. The maximum atomic E-state index is 10.6. The van der Waals surface area contributed by atoms with Crippen LogP contribution in [-0.2, 0) is 11.3 Å². The number of rotatable bonds is 3. The molecule has 0 saturated heterocycles. The zero-order chi connectivity index (χ0) is 15.1. The molecule has 1 aromatic rings. The van der Waals surface area contributed by atoms with Crippen LogP contribution in [0.2, 0.25) is 0 Å². The van der Waals surface area contributed by atoms with E-state index in [1.807, 2.05) is 0 Å². The van der Waals surface area contributed by atoms with Gasteiger partial charge in [0.05, 0.1) is 18.8 Å². The minimum absolute atomic E-state index is 0.00919. The molecule has 0 amide bonds. The first-order valence-electron chi connectivity index (χ1n) is 8.95. The van der Waals surface area contributed by atoms with Crippen molar-refractivity contribution in [3.63, 3.8) is 0 Å². The highest BCUT2D eigenvalue weighted by molar-refractivity contribution is 5.30. The first kappa shape index (κ1) is 13.6. The molecule has 2 nitrogen and oxygen atoms in total. The Labute approximate surface area is 132 Å². The zero-order valence-corrected chi connectivity index (χ0v) is 13.5. The summed E-state index contributed by atoms with van der Waals surface area (Å²) in [5, 5.41) is 10.6. The van der Waals surface area contributed by atoms with E-state index in [4.69, 9.17) is 4.74 Å². The third-order valence-corrected chi connectivity index (χ3v) is 7.60. The highest BCUT2D eigenvalue weighted by atomic mass is 16.5. The second-order valence-corrected chi connectivity index (χ2v) is 8.62. The molecule has 2 heteroatoms. The van der Waals surface area contributed by atoms with Crippen LogP contribution in [0, 0.1) is 40.9 Å². The molecule has 0 radical (unpaired) electrons. The van der Waals surface area contributed by atoms with Crippen LogP contribution in [0.1, 0.15) is 32.3 Å². The summed E-state index contributed by atoms with van der Waals surface area (Å²) in [6.07, 6.45) is 2.75. The van der Waals surface area contributed by atoms with Crippen molar-refractivity contribution < 1.29 is 9.84 Å². The average molecular weight is 298 g/mol. The average Bonchev–Trinajstić information content (AvgIpc) is 3.09. The summed E-state index contributed by atoms with van der Waals surface area (Å²) < 4.78 is 6.37. The van der Waals surface area contributed by atoms with Gasteiger partial charge >= 0.3 is 0 Å².